The van der Waals surface area contributed by atoms with Crippen molar-refractivity contribution in [2.24, 2.45) is 28.6 Å². The van der Waals surface area contributed by atoms with Crippen molar-refractivity contribution in [1.82, 2.24) is 0 Å². The zero-order valence-corrected chi connectivity index (χ0v) is 18.9. The van der Waals surface area contributed by atoms with Gasteiger partial charge in [0.05, 0.1) is 11.0 Å². The van der Waals surface area contributed by atoms with E-state index in [0.29, 0.717) is 6.42 Å². The highest BCUT2D eigenvalue weighted by Gasteiger charge is 2.73. The number of rotatable bonds is 2. The second-order valence-electron chi connectivity index (χ2n) is 10.2. The third kappa shape index (κ3) is 2.42. The molecule has 3 saturated carbocycles. The Morgan fingerprint density at radius 1 is 1.38 bits per heavy atom. The van der Waals surface area contributed by atoms with Crippen LogP contribution in [0.2, 0.25) is 0 Å². The Bertz CT molecular complexity index is 828. The Balaban J connectivity index is 0.00000171. The molecule has 8 atom stereocenters. The number of esters is 1. The summed E-state index contributed by atoms with van der Waals surface area (Å²) in [6.45, 7) is 10.0. The number of hydrogen-bond donors (Lipinski definition) is 1. The Morgan fingerprint density at radius 3 is 2.69 bits per heavy atom. The third-order valence-corrected chi connectivity index (χ3v) is 10.2. The van der Waals surface area contributed by atoms with E-state index in [2.05, 4.69) is 27.7 Å². The maximum atomic E-state index is 12.1. The van der Waals surface area contributed by atoms with Crippen molar-refractivity contribution in [2.75, 3.05) is 0 Å². The summed E-state index contributed by atoms with van der Waals surface area (Å²) in [4.78, 5) is 23.2. The van der Waals surface area contributed by atoms with E-state index in [0.717, 1.165) is 31.3 Å². The number of alkyl halides is 1. The van der Waals surface area contributed by atoms with Gasteiger partial charge in [0, 0.05) is 20.6 Å². The van der Waals surface area contributed by atoms with Gasteiger partial charge in [0.15, 0.2) is 5.78 Å². The lowest BCUT2D eigenvalue weighted by Crippen LogP contribution is -2.68. The fraction of sp³-hybridized carbons (Fsp3) is 0.750. The Labute approximate surface area is 181 Å². The quantitative estimate of drug-likeness (QED) is 0.496. The molecule has 0 saturated heterocycles. The summed E-state index contributed by atoms with van der Waals surface area (Å²) in [6.07, 6.45) is 8.29. The van der Waals surface area contributed by atoms with Crippen LogP contribution in [0.1, 0.15) is 69.6 Å². The second-order valence-corrected chi connectivity index (χ2v) is 10.9. The molecule has 3 fully saturated rings. The van der Waals surface area contributed by atoms with Gasteiger partial charge in [0.2, 0.25) is 0 Å². The van der Waals surface area contributed by atoms with Crippen LogP contribution in [0.4, 0.5) is 0 Å². The van der Waals surface area contributed by atoms with E-state index in [1.54, 1.807) is 12.2 Å². The SMILES string of the molecule is CCC1(OC(C)=O)C(C)CC2C3CCC4=CC(=O)C=CC4(C)C3(Cl)C(O)CC21C.[HH].[HH]. The first-order valence-corrected chi connectivity index (χ1v) is 11.3. The lowest BCUT2D eigenvalue weighted by Gasteiger charge is -2.64. The average molecular weight is 425 g/mol. The van der Waals surface area contributed by atoms with E-state index >= 15 is 0 Å². The van der Waals surface area contributed by atoms with Crippen LogP contribution in [0.15, 0.2) is 23.8 Å². The predicted molar refractivity (Wildman–Crippen MR) is 117 cm³/mol. The summed E-state index contributed by atoms with van der Waals surface area (Å²) < 4.78 is 6.08. The zero-order valence-electron chi connectivity index (χ0n) is 18.1. The fourth-order valence-electron chi connectivity index (χ4n) is 7.91. The van der Waals surface area contributed by atoms with Crippen LogP contribution in [0.3, 0.4) is 0 Å². The standard InChI is InChI=1S/C24H33ClO4.2H2/c1-6-23(29-15(3)26)14(2)11-19-18-8-7-16-12-17(27)9-10-21(16,4)24(18,25)20(28)13-22(19,23)5;;/h9-10,12,14,18-20,28H,6-8,11,13H2,1-5H3;2*1H. The number of aliphatic hydroxyl groups is 1. The van der Waals surface area contributed by atoms with Gasteiger partial charge in [-0.2, -0.15) is 0 Å². The number of allylic oxidation sites excluding steroid dienone is 4. The van der Waals surface area contributed by atoms with E-state index in [1.807, 2.05) is 6.08 Å². The second kappa shape index (κ2) is 6.43. The molecule has 4 nitrogen and oxygen atoms in total. The molecule has 0 aromatic carbocycles. The Morgan fingerprint density at radius 2 is 2.07 bits per heavy atom. The highest BCUT2D eigenvalue weighted by atomic mass is 35.5. The van der Waals surface area contributed by atoms with Crippen molar-refractivity contribution in [3.05, 3.63) is 23.8 Å². The number of ketones is 1. The largest absolute Gasteiger partial charge is 0.458 e. The minimum atomic E-state index is -0.863. The average Bonchev–Trinajstić information content (AvgIpc) is 2.84. The minimum absolute atomic E-state index is 0. The molecule has 4 aliphatic carbocycles. The molecule has 0 heterocycles. The molecule has 1 N–H and O–H groups in total. The Hall–Kier alpha value is -1.13. The summed E-state index contributed by atoms with van der Waals surface area (Å²) >= 11 is 7.45. The Kier molecular flexibility index (Phi) is 4.68. The zero-order chi connectivity index (χ0) is 21.4. The summed E-state index contributed by atoms with van der Waals surface area (Å²) in [5.74, 6) is 0.283. The molecule has 29 heavy (non-hydrogen) atoms. The summed E-state index contributed by atoms with van der Waals surface area (Å²) in [5, 5.41) is 11.6. The molecule has 0 amide bonds. The minimum Gasteiger partial charge on any atom is -0.458 e. The van der Waals surface area contributed by atoms with Gasteiger partial charge in [-0.1, -0.05) is 39.3 Å². The van der Waals surface area contributed by atoms with Gasteiger partial charge in [-0.25, -0.2) is 0 Å². The molecular formula is C24H37ClO4. The van der Waals surface area contributed by atoms with Crippen LogP contribution in [-0.4, -0.2) is 33.4 Å². The van der Waals surface area contributed by atoms with E-state index in [1.165, 1.54) is 6.92 Å². The summed E-state index contributed by atoms with van der Waals surface area (Å²) in [5.41, 5.74) is -0.431. The summed E-state index contributed by atoms with van der Waals surface area (Å²) in [6, 6.07) is 0. The number of fused-ring (bicyclic) bond motifs is 5. The number of aliphatic hydroxyl groups excluding tert-OH is 1. The van der Waals surface area contributed by atoms with E-state index in [4.69, 9.17) is 16.3 Å². The smallest absolute Gasteiger partial charge is 0.303 e. The van der Waals surface area contributed by atoms with Crippen LogP contribution in [0, 0.1) is 28.6 Å². The first-order valence-electron chi connectivity index (χ1n) is 11.0. The fourth-order valence-corrected chi connectivity index (χ4v) is 8.44. The van der Waals surface area contributed by atoms with Gasteiger partial charge < -0.3 is 9.84 Å². The van der Waals surface area contributed by atoms with Crippen molar-refractivity contribution in [1.29, 1.82) is 0 Å². The number of carbonyl (C=O) groups excluding carboxylic acids is 2. The van der Waals surface area contributed by atoms with Gasteiger partial charge in [-0.15, -0.1) is 11.6 Å². The summed E-state index contributed by atoms with van der Waals surface area (Å²) in [7, 11) is 0. The van der Waals surface area contributed by atoms with Crippen molar-refractivity contribution in [2.45, 2.75) is 83.3 Å². The molecule has 8 unspecified atom stereocenters. The maximum absolute atomic E-state index is 12.1. The van der Waals surface area contributed by atoms with Gasteiger partial charge in [0.1, 0.15) is 5.60 Å². The van der Waals surface area contributed by atoms with Gasteiger partial charge in [-0.3, -0.25) is 9.59 Å². The van der Waals surface area contributed by atoms with Gasteiger partial charge in [0.25, 0.3) is 0 Å². The molecule has 0 bridgehead atoms. The van der Waals surface area contributed by atoms with Crippen LogP contribution in [-0.2, 0) is 14.3 Å². The van der Waals surface area contributed by atoms with Crippen molar-refractivity contribution in [3.8, 4) is 0 Å². The molecular weight excluding hydrogens is 388 g/mol. The third-order valence-electron chi connectivity index (χ3n) is 9.25. The first kappa shape index (κ1) is 21.1. The highest BCUT2D eigenvalue weighted by Crippen LogP contribution is 2.72. The van der Waals surface area contributed by atoms with E-state index < -0.39 is 22.0 Å². The molecule has 0 aromatic rings. The van der Waals surface area contributed by atoms with E-state index in [-0.39, 0.29) is 37.8 Å². The number of halogens is 1. The molecule has 5 heteroatoms. The van der Waals surface area contributed by atoms with Gasteiger partial charge >= 0.3 is 5.97 Å². The first-order chi connectivity index (χ1) is 13.5. The molecule has 0 aliphatic heterocycles. The molecule has 0 aromatic heterocycles. The predicted octanol–water partition coefficient (Wildman–Crippen LogP) is 5.08. The topological polar surface area (TPSA) is 63.6 Å². The molecule has 164 valence electrons. The molecule has 0 spiro atoms. The molecule has 4 aliphatic rings. The molecule has 4 rings (SSSR count). The van der Waals surface area contributed by atoms with Crippen molar-refractivity contribution >= 4 is 23.4 Å². The highest BCUT2D eigenvalue weighted by molar-refractivity contribution is 6.26. The number of ether oxygens (including phenoxy) is 1. The van der Waals surface area contributed by atoms with Gasteiger partial charge in [-0.05, 0) is 62.0 Å². The lowest BCUT2D eigenvalue weighted by atomic mass is 9.45. The van der Waals surface area contributed by atoms with Crippen LogP contribution >= 0.6 is 11.6 Å². The van der Waals surface area contributed by atoms with E-state index in [9.17, 15) is 14.7 Å². The maximum Gasteiger partial charge on any atom is 0.303 e. The van der Waals surface area contributed by atoms with Crippen LogP contribution in [0.5, 0.6) is 0 Å². The lowest BCUT2D eigenvalue weighted by molar-refractivity contribution is -0.198. The monoisotopic (exact) mass is 424 g/mol. The van der Waals surface area contributed by atoms with Crippen LogP contribution in [0.25, 0.3) is 0 Å². The molecule has 0 radical (unpaired) electrons. The van der Waals surface area contributed by atoms with Crippen LogP contribution < -0.4 is 0 Å². The van der Waals surface area contributed by atoms with Crippen molar-refractivity contribution < 1.29 is 22.3 Å². The number of hydrogen-bond acceptors (Lipinski definition) is 4. The van der Waals surface area contributed by atoms with Crippen molar-refractivity contribution in [3.63, 3.8) is 0 Å². The normalized spacial score (nSPS) is 51.0. The number of carbonyl (C=O) groups is 2.